The Hall–Kier alpha value is -3.10. The molecule has 132 valence electrons. The minimum Gasteiger partial charge on any atom is -0.486 e. The summed E-state index contributed by atoms with van der Waals surface area (Å²) in [6.07, 6.45) is 1.31. The van der Waals surface area contributed by atoms with E-state index < -0.39 is 4.92 Å². The van der Waals surface area contributed by atoms with Crippen LogP contribution in [-0.4, -0.2) is 45.3 Å². The van der Waals surface area contributed by atoms with Crippen LogP contribution >= 0.6 is 0 Å². The second kappa shape index (κ2) is 7.20. The average Bonchev–Trinajstić information content (AvgIpc) is 3.07. The maximum atomic E-state index is 12.5. The van der Waals surface area contributed by atoms with Gasteiger partial charge in [-0.1, -0.05) is 11.2 Å². The van der Waals surface area contributed by atoms with Crippen LogP contribution in [0.4, 0.5) is 5.82 Å². The third-order valence-corrected chi connectivity index (χ3v) is 3.88. The molecule has 0 N–H and O–H groups in total. The Morgan fingerprint density at radius 1 is 1.32 bits per heavy atom. The molecule has 2 heterocycles. The predicted molar refractivity (Wildman–Crippen MR) is 87.4 cm³/mol. The minimum atomic E-state index is -0.558. The van der Waals surface area contributed by atoms with Gasteiger partial charge in [-0.15, -0.1) is 4.68 Å². The molecule has 0 spiro atoms. The molecule has 1 aliphatic heterocycles. The quantitative estimate of drug-likeness (QED) is 0.582. The summed E-state index contributed by atoms with van der Waals surface area (Å²) in [5.41, 5.74) is 0.898. The number of amides is 1. The summed E-state index contributed by atoms with van der Waals surface area (Å²) in [5, 5.41) is 14.8. The first-order valence-corrected chi connectivity index (χ1v) is 7.91. The van der Waals surface area contributed by atoms with Gasteiger partial charge in [-0.05, 0) is 29.5 Å². The summed E-state index contributed by atoms with van der Waals surface area (Å²) in [7, 11) is 0. The van der Waals surface area contributed by atoms with E-state index in [1.807, 2.05) is 25.1 Å². The van der Waals surface area contributed by atoms with E-state index in [4.69, 9.17) is 9.47 Å². The molecule has 0 aliphatic carbocycles. The molecule has 0 saturated heterocycles. The lowest BCUT2D eigenvalue weighted by molar-refractivity contribution is -0.392. The van der Waals surface area contributed by atoms with Crippen LogP contribution in [0.5, 0.6) is 11.5 Å². The summed E-state index contributed by atoms with van der Waals surface area (Å²) in [5.74, 6) is 0.902. The summed E-state index contributed by atoms with van der Waals surface area (Å²) in [6, 6.07) is 6.81. The lowest BCUT2D eigenvalue weighted by Gasteiger charge is -2.22. The van der Waals surface area contributed by atoms with Gasteiger partial charge in [0.1, 0.15) is 13.2 Å². The van der Waals surface area contributed by atoms with Crippen LogP contribution < -0.4 is 9.47 Å². The number of carbonyl (C=O) groups is 1. The molecule has 9 nitrogen and oxygen atoms in total. The van der Waals surface area contributed by atoms with E-state index >= 15 is 0 Å². The topological polar surface area (TPSA) is 99.7 Å². The molecule has 0 saturated carbocycles. The highest BCUT2D eigenvalue weighted by Gasteiger charge is 2.21. The van der Waals surface area contributed by atoms with Gasteiger partial charge in [0.15, 0.2) is 18.0 Å². The van der Waals surface area contributed by atoms with Gasteiger partial charge in [0.25, 0.3) is 5.91 Å². The highest BCUT2D eigenvalue weighted by Crippen LogP contribution is 2.31. The zero-order valence-corrected chi connectivity index (χ0v) is 13.8. The maximum Gasteiger partial charge on any atom is 0.345 e. The molecule has 1 aromatic heterocycles. The SMILES string of the molecule is CCN(Cc1ccc2c(c1)OCCO2)C(=O)Cn1nccc1[N+](=O)[O-]. The van der Waals surface area contributed by atoms with Gasteiger partial charge >= 0.3 is 5.82 Å². The van der Waals surface area contributed by atoms with E-state index in [9.17, 15) is 14.9 Å². The van der Waals surface area contributed by atoms with Crippen molar-refractivity contribution in [1.82, 2.24) is 14.7 Å². The first kappa shape index (κ1) is 16.7. The third-order valence-electron chi connectivity index (χ3n) is 3.88. The van der Waals surface area contributed by atoms with Crippen molar-refractivity contribution in [1.29, 1.82) is 0 Å². The number of benzene rings is 1. The Bertz CT molecular complexity index is 789. The third kappa shape index (κ3) is 3.70. The first-order valence-electron chi connectivity index (χ1n) is 7.91. The van der Waals surface area contributed by atoms with Crippen molar-refractivity contribution in [3.8, 4) is 11.5 Å². The van der Waals surface area contributed by atoms with Crippen molar-refractivity contribution in [2.24, 2.45) is 0 Å². The van der Waals surface area contributed by atoms with Gasteiger partial charge in [-0.25, -0.2) is 0 Å². The van der Waals surface area contributed by atoms with Gasteiger partial charge in [0, 0.05) is 13.1 Å². The Labute approximate surface area is 143 Å². The molecule has 25 heavy (non-hydrogen) atoms. The van der Waals surface area contributed by atoms with Crippen molar-refractivity contribution in [3.63, 3.8) is 0 Å². The smallest absolute Gasteiger partial charge is 0.345 e. The van der Waals surface area contributed by atoms with Crippen molar-refractivity contribution in [3.05, 3.63) is 46.1 Å². The number of hydrogen-bond donors (Lipinski definition) is 0. The number of hydrogen-bond acceptors (Lipinski definition) is 6. The number of carbonyl (C=O) groups excluding carboxylic acids is 1. The second-order valence-corrected chi connectivity index (χ2v) is 5.49. The average molecular weight is 346 g/mol. The second-order valence-electron chi connectivity index (χ2n) is 5.49. The van der Waals surface area contributed by atoms with Crippen LogP contribution in [0.3, 0.4) is 0 Å². The van der Waals surface area contributed by atoms with E-state index in [0.29, 0.717) is 37.8 Å². The number of fused-ring (bicyclic) bond motifs is 1. The zero-order chi connectivity index (χ0) is 17.8. The molecule has 0 unspecified atom stereocenters. The first-order chi connectivity index (χ1) is 12.1. The molecule has 0 fully saturated rings. The fraction of sp³-hybridized carbons (Fsp3) is 0.375. The molecular weight excluding hydrogens is 328 g/mol. The molecule has 2 aromatic rings. The van der Waals surface area contributed by atoms with Crippen molar-refractivity contribution < 1.29 is 19.2 Å². The van der Waals surface area contributed by atoms with Gasteiger partial charge in [-0.3, -0.25) is 4.79 Å². The predicted octanol–water partition coefficient (Wildman–Crippen LogP) is 1.61. The molecule has 1 aromatic carbocycles. The molecular formula is C16H18N4O5. The summed E-state index contributed by atoms with van der Waals surface area (Å²) in [4.78, 5) is 24.5. The summed E-state index contributed by atoms with van der Waals surface area (Å²) >= 11 is 0. The van der Waals surface area contributed by atoms with Crippen molar-refractivity contribution >= 4 is 11.7 Å². The van der Waals surface area contributed by atoms with Gasteiger partial charge in [-0.2, -0.15) is 0 Å². The Morgan fingerprint density at radius 3 is 2.80 bits per heavy atom. The van der Waals surface area contributed by atoms with Gasteiger partial charge in [0.05, 0.1) is 12.3 Å². The zero-order valence-electron chi connectivity index (χ0n) is 13.8. The normalized spacial score (nSPS) is 12.7. The number of rotatable bonds is 6. The number of likely N-dealkylation sites (N-methyl/N-ethyl adjacent to an activating group) is 1. The lowest BCUT2D eigenvalue weighted by Crippen LogP contribution is -2.33. The molecule has 0 atom stereocenters. The molecule has 3 rings (SSSR count). The highest BCUT2D eigenvalue weighted by atomic mass is 16.6. The van der Waals surface area contributed by atoms with Crippen LogP contribution in [0, 0.1) is 10.1 Å². The van der Waals surface area contributed by atoms with E-state index in [1.54, 1.807) is 4.90 Å². The van der Waals surface area contributed by atoms with Crippen LogP contribution in [0.25, 0.3) is 0 Å². The number of ether oxygens (including phenoxy) is 2. The van der Waals surface area contributed by atoms with Crippen LogP contribution in [0.1, 0.15) is 12.5 Å². The van der Waals surface area contributed by atoms with Gasteiger partial charge in [0.2, 0.25) is 0 Å². The maximum absolute atomic E-state index is 12.5. The molecule has 1 amide bonds. The largest absolute Gasteiger partial charge is 0.486 e. The van der Waals surface area contributed by atoms with Crippen LogP contribution in [0.15, 0.2) is 30.5 Å². The van der Waals surface area contributed by atoms with E-state index in [2.05, 4.69) is 5.10 Å². The van der Waals surface area contributed by atoms with Crippen molar-refractivity contribution in [2.45, 2.75) is 20.0 Å². The van der Waals surface area contributed by atoms with Crippen LogP contribution in [0.2, 0.25) is 0 Å². The molecule has 9 heteroatoms. The highest BCUT2D eigenvalue weighted by molar-refractivity contribution is 5.76. The monoisotopic (exact) mass is 346 g/mol. The molecule has 0 bridgehead atoms. The lowest BCUT2D eigenvalue weighted by atomic mass is 10.1. The number of nitro groups is 1. The summed E-state index contributed by atoms with van der Waals surface area (Å²) in [6.45, 7) is 3.54. The van der Waals surface area contributed by atoms with E-state index in [-0.39, 0.29) is 18.3 Å². The summed E-state index contributed by atoms with van der Waals surface area (Å²) < 4.78 is 12.1. The Morgan fingerprint density at radius 2 is 2.08 bits per heavy atom. The van der Waals surface area contributed by atoms with Crippen LogP contribution in [-0.2, 0) is 17.9 Å². The number of nitrogens with zero attached hydrogens (tertiary/aromatic N) is 4. The molecule has 0 radical (unpaired) electrons. The number of aromatic nitrogens is 2. The van der Waals surface area contributed by atoms with Gasteiger partial charge < -0.3 is 24.5 Å². The minimum absolute atomic E-state index is 0.179. The standard InChI is InChI=1S/C16H18N4O5/c1-2-18(16(21)11-19-15(20(22)23)5-6-17-19)10-12-3-4-13-14(9-12)25-8-7-24-13/h3-6,9H,2,7-8,10-11H2,1H3. The Kier molecular flexibility index (Phi) is 4.82. The Balaban J connectivity index is 1.70. The van der Waals surface area contributed by atoms with Crippen molar-refractivity contribution in [2.75, 3.05) is 19.8 Å². The fourth-order valence-electron chi connectivity index (χ4n) is 2.61. The van der Waals surface area contributed by atoms with E-state index in [1.165, 1.54) is 12.3 Å². The molecule has 1 aliphatic rings. The fourth-order valence-corrected chi connectivity index (χ4v) is 2.61. The van der Waals surface area contributed by atoms with E-state index in [0.717, 1.165) is 10.2 Å².